The van der Waals surface area contributed by atoms with Crippen LogP contribution in [-0.4, -0.2) is 22.6 Å². The second-order valence-corrected chi connectivity index (χ2v) is 3.28. The molecular formula is C10H11B3N3. The van der Waals surface area contributed by atoms with Gasteiger partial charge in [0.1, 0.15) is 0 Å². The molecule has 3 rings (SSSR count). The monoisotopic (exact) mass is 206 g/mol. The molecule has 0 unspecified atom stereocenters. The van der Waals surface area contributed by atoms with Gasteiger partial charge in [-0.15, -0.1) is 0 Å². The Labute approximate surface area is 97.9 Å². The number of benzene rings is 2. The Bertz CT molecular complexity index is 357. The van der Waals surface area contributed by atoms with Crippen molar-refractivity contribution in [2.75, 3.05) is 0 Å². The Morgan fingerprint density at radius 2 is 0.875 bits per heavy atom. The normalized spacial score (nSPS) is 13.8. The van der Waals surface area contributed by atoms with E-state index in [9.17, 15) is 0 Å². The maximum absolute atomic E-state index is 2.78. The second kappa shape index (κ2) is 6.38. The zero-order valence-electron chi connectivity index (χ0n) is 8.85. The van der Waals surface area contributed by atoms with Crippen LogP contribution in [0.2, 0.25) is 0 Å². The van der Waals surface area contributed by atoms with Gasteiger partial charge in [-0.25, -0.2) is 0 Å². The van der Waals surface area contributed by atoms with Crippen LogP contribution in [0.15, 0.2) is 48.5 Å². The highest BCUT2D eigenvalue weighted by Crippen LogP contribution is 2.11. The van der Waals surface area contributed by atoms with Crippen molar-refractivity contribution in [3.05, 3.63) is 48.5 Å². The molecule has 1 heterocycles. The molecule has 1 saturated heterocycles. The predicted octanol–water partition coefficient (Wildman–Crippen LogP) is 0.211. The molecule has 0 aliphatic carbocycles. The molecule has 2 aromatic rings. The van der Waals surface area contributed by atoms with E-state index in [-0.39, 0.29) is 0 Å². The lowest BCUT2D eigenvalue weighted by Crippen LogP contribution is -2.55. The van der Waals surface area contributed by atoms with Crippen LogP contribution in [-0.2, 0) is 0 Å². The highest BCUT2D eigenvalue weighted by atomic mass is 15.0. The summed E-state index contributed by atoms with van der Waals surface area (Å²) in [5, 5.41) is 11.0. The molecule has 75 valence electrons. The number of hydrogen-bond acceptors (Lipinski definition) is 3. The first-order chi connectivity index (χ1) is 7.97. The number of rotatable bonds is 0. The van der Waals surface area contributed by atoms with Crippen molar-refractivity contribution in [3.63, 3.8) is 0 Å². The van der Waals surface area contributed by atoms with Gasteiger partial charge in [0.15, 0.2) is 0 Å². The highest BCUT2D eigenvalue weighted by Gasteiger charge is 1.98. The molecule has 2 aromatic carbocycles. The molecule has 0 atom stereocenters. The third-order valence-corrected chi connectivity index (χ3v) is 2.16. The third-order valence-electron chi connectivity index (χ3n) is 2.16. The van der Waals surface area contributed by atoms with E-state index in [0.717, 1.165) is 0 Å². The molecule has 3 nitrogen and oxygen atoms in total. The fraction of sp³-hybridized carbons (Fsp3) is 0. The standard InChI is InChI=1S/C10H8.B3H3N3/c1-2-6-10-8-4-3-7-9(10)5-1;1-4-2-6-3-5-1/h1-8H;4-6H. The van der Waals surface area contributed by atoms with Gasteiger partial charge in [0, 0.05) is 0 Å². The molecule has 1 aliphatic heterocycles. The van der Waals surface area contributed by atoms with E-state index in [1.165, 1.54) is 10.8 Å². The van der Waals surface area contributed by atoms with Crippen molar-refractivity contribution in [2.24, 2.45) is 0 Å². The quantitative estimate of drug-likeness (QED) is 0.539. The van der Waals surface area contributed by atoms with Crippen molar-refractivity contribution in [1.82, 2.24) is 15.4 Å². The molecule has 3 radical (unpaired) electrons. The van der Waals surface area contributed by atoms with Crippen LogP contribution in [0.25, 0.3) is 10.8 Å². The molecule has 0 aromatic heterocycles. The molecule has 0 saturated carbocycles. The van der Waals surface area contributed by atoms with Gasteiger partial charge < -0.3 is 15.4 Å². The van der Waals surface area contributed by atoms with Crippen LogP contribution >= 0.6 is 0 Å². The van der Waals surface area contributed by atoms with E-state index < -0.39 is 0 Å². The molecule has 0 bridgehead atoms. The van der Waals surface area contributed by atoms with E-state index in [2.05, 4.69) is 63.9 Å². The Balaban J connectivity index is 0.000000138. The Hall–Kier alpha value is -1.23. The summed E-state index contributed by atoms with van der Waals surface area (Å²) >= 11 is 0. The van der Waals surface area contributed by atoms with Gasteiger partial charge >= 0.3 is 0 Å². The summed E-state index contributed by atoms with van der Waals surface area (Å²) in [6.45, 7) is 0. The molecule has 0 amide bonds. The van der Waals surface area contributed by atoms with Gasteiger partial charge in [-0.05, 0) is 10.8 Å². The third kappa shape index (κ3) is 3.41. The van der Waals surface area contributed by atoms with Crippen LogP contribution in [0.5, 0.6) is 0 Å². The maximum atomic E-state index is 2.78. The van der Waals surface area contributed by atoms with Gasteiger partial charge in [-0.2, -0.15) is 0 Å². The Morgan fingerprint density at radius 3 is 1.12 bits per heavy atom. The van der Waals surface area contributed by atoms with Crippen LogP contribution in [0.1, 0.15) is 0 Å². The van der Waals surface area contributed by atoms with Crippen LogP contribution in [0, 0.1) is 0 Å². The Morgan fingerprint density at radius 1 is 0.562 bits per heavy atom. The van der Waals surface area contributed by atoms with Gasteiger partial charge in [0.25, 0.3) is 22.6 Å². The summed E-state index contributed by atoms with van der Waals surface area (Å²) in [6.07, 6.45) is 0. The van der Waals surface area contributed by atoms with Crippen molar-refractivity contribution in [2.45, 2.75) is 0 Å². The predicted molar refractivity (Wildman–Crippen MR) is 70.6 cm³/mol. The van der Waals surface area contributed by atoms with E-state index in [1.54, 1.807) is 22.6 Å². The lowest BCUT2D eigenvalue weighted by atomic mass is 9.85. The lowest BCUT2D eigenvalue weighted by Gasteiger charge is -2.07. The molecule has 16 heavy (non-hydrogen) atoms. The number of hydrogen-bond donors (Lipinski definition) is 3. The average Bonchev–Trinajstić information content (AvgIpc) is 2.42. The summed E-state index contributed by atoms with van der Waals surface area (Å²) in [6, 6.07) is 16.7. The number of fused-ring (bicyclic) bond motifs is 1. The highest BCUT2D eigenvalue weighted by molar-refractivity contribution is 6.65. The van der Waals surface area contributed by atoms with Gasteiger partial charge in [-0.3, -0.25) is 0 Å². The SMILES string of the molecule is [B]1N[B]N[B]N1.c1ccc2ccccc2c1. The second-order valence-electron chi connectivity index (χ2n) is 3.28. The Kier molecular flexibility index (Phi) is 4.49. The minimum atomic E-state index is 1.31. The van der Waals surface area contributed by atoms with Crippen LogP contribution < -0.4 is 15.4 Å². The zero-order valence-corrected chi connectivity index (χ0v) is 8.85. The van der Waals surface area contributed by atoms with Gasteiger partial charge in [-0.1, -0.05) is 48.5 Å². The molecule has 1 fully saturated rings. The first-order valence-corrected chi connectivity index (χ1v) is 5.14. The largest absolute Gasteiger partial charge is 0.379 e. The molecule has 0 spiro atoms. The fourth-order valence-electron chi connectivity index (χ4n) is 1.40. The van der Waals surface area contributed by atoms with E-state index in [0.29, 0.717) is 0 Å². The fourth-order valence-corrected chi connectivity index (χ4v) is 1.40. The van der Waals surface area contributed by atoms with E-state index in [1.807, 2.05) is 0 Å². The lowest BCUT2D eigenvalue weighted by molar-refractivity contribution is 1.28. The maximum Gasteiger partial charge on any atom is 0.284 e. The average molecular weight is 206 g/mol. The van der Waals surface area contributed by atoms with Crippen molar-refractivity contribution >= 4 is 33.4 Å². The smallest absolute Gasteiger partial charge is 0.284 e. The first kappa shape index (κ1) is 11.3. The summed E-state index contributed by atoms with van der Waals surface area (Å²) in [4.78, 5) is 0. The first-order valence-electron chi connectivity index (χ1n) is 5.14. The van der Waals surface area contributed by atoms with Gasteiger partial charge in [0.05, 0.1) is 0 Å². The van der Waals surface area contributed by atoms with Crippen LogP contribution in [0.3, 0.4) is 0 Å². The van der Waals surface area contributed by atoms with E-state index >= 15 is 0 Å². The summed E-state index contributed by atoms with van der Waals surface area (Å²) < 4.78 is 0. The molecule has 1 aliphatic rings. The van der Waals surface area contributed by atoms with Crippen LogP contribution in [0.4, 0.5) is 0 Å². The summed E-state index contributed by atoms with van der Waals surface area (Å²) in [5.74, 6) is 0. The molecular weight excluding hydrogens is 195 g/mol. The molecule has 6 heteroatoms. The zero-order chi connectivity index (χ0) is 11.1. The van der Waals surface area contributed by atoms with Crippen molar-refractivity contribution < 1.29 is 0 Å². The topological polar surface area (TPSA) is 36.1 Å². The minimum absolute atomic E-state index is 1.31. The minimum Gasteiger partial charge on any atom is -0.379 e. The number of nitrogens with one attached hydrogen (secondary N) is 3. The molecule has 3 N–H and O–H groups in total. The van der Waals surface area contributed by atoms with Gasteiger partial charge in [0.2, 0.25) is 0 Å². The van der Waals surface area contributed by atoms with Crippen molar-refractivity contribution in [1.29, 1.82) is 0 Å². The summed E-state index contributed by atoms with van der Waals surface area (Å²) in [7, 11) is 5.16. The summed E-state index contributed by atoms with van der Waals surface area (Å²) in [5.41, 5.74) is 0. The van der Waals surface area contributed by atoms with E-state index in [4.69, 9.17) is 0 Å². The van der Waals surface area contributed by atoms with Crippen molar-refractivity contribution in [3.8, 4) is 0 Å².